The third-order valence-corrected chi connectivity index (χ3v) is 1.90. The van der Waals surface area contributed by atoms with Gasteiger partial charge in [0.05, 0.1) is 5.56 Å². The maximum Gasteiger partial charge on any atom is 0.193 e. The van der Waals surface area contributed by atoms with Gasteiger partial charge >= 0.3 is 0 Å². The Bertz CT molecular complexity index is 377. The number of halogens is 1. The zero-order chi connectivity index (χ0) is 9.14. The Morgan fingerprint density at radius 2 is 2.08 bits per heavy atom. The van der Waals surface area contributed by atoms with Crippen LogP contribution in [0.4, 0.5) is 0 Å². The lowest BCUT2D eigenvalue weighted by Gasteiger charge is -1.98. The van der Waals surface area contributed by atoms with E-state index in [4.69, 9.17) is 4.42 Å². The molecule has 1 aromatic heterocycles. The Kier molecular flexibility index (Phi) is 2.86. The van der Waals surface area contributed by atoms with Crippen LogP contribution in [0.5, 0.6) is 0 Å². The smallest absolute Gasteiger partial charge is 0.193 e. The minimum absolute atomic E-state index is 0.0875. The predicted molar refractivity (Wildman–Crippen MR) is 57.9 cm³/mol. The highest BCUT2D eigenvalue weighted by molar-refractivity contribution is 14.1. The van der Waals surface area contributed by atoms with Gasteiger partial charge in [0.1, 0.15) is 5.76 Å². The summed E-state index contributed by atoms with van der Waals surface area (Å²) < 4.78 is 5.78. The molecule has 0 saturated heterocycles. The lowest BCUT2D eigenvalue weighted by Crippen LogP contribution is -2.05. The summed E-state index contributed by atoms with van der Waals surface area (Å²) in [5.74, 6) is 0.474. The van der Waals surface area contributed by atoms with Crippen LogP contribution in [-0.4, -0.2) is 0 Å². The fourth-order valence-electron chi connectivity index (χ4n) is 0.845. The monoisotopic (exact) mass is 274 g/mol. The first-order valence-electron chi connectivity index (χ1n) is 3.27. The molecule has 2 nitrogen and oxygen atoms in total. The van der Waals surface area contributed by atoms with E-state index in [1.165, 1.54) is 18.2 Å². The fourth-order valence-corrected chi connectivity index (χ4v) is 1.36. The molecule has 0 radical (unpaired) electrons. The molecule has 0 fully saturated rings. The highest BCUT2D eigenvalue weighted by Gasteiger charge is 2.04. The number of hydrogen-bond acceptors (Lipinski definition) is 2. The highest BCUT2D eigenvalue weighted by atomic mass is 127. The molecule has 12 heavy (non-hydrogen) atoms. The molecule has 0 unspecified atom stereocenters. The predicted octanol–water partition coefficient (Wildman–Crippen LogP) is 2.53. The van der Waals surface area contributed by atoms with Crippen LogP contribution in [0.3, 0.4) is 0 Å². The number of hydrogen-bond donors (Lipinski definition) is 0. The molecule has 0 aromatic carbocycles. The van der Waals surface area contributed by atoms with Crippen LogP contribution in [0.15, 0.2) is 28.4 Å². The van der Waals surface area contributed by atoms with Crippen molar-refractivity contribution >= 4 is 34.7 Å². The largest absolute Gasteiger partial charge is 0.450 e. The first-order chi connectivity index (χ1) is 5.69. The summed E-state index contributed by atoms with van der Waals surface area (Å²) in [6, 6.07) is 1.42. The Labute approximate surface area is 83.7 Å². The molecule has 0 aliphatic heterocycles. The summed E-state index contributed by atoms with van der Waals surface area (Å²) in [5, 5.41) is 0. The maximum atomic E-state index is 11.3. The van der Waals surface area contributed by atoms with Gasteiger partial charge in [-0.3, -0.25) is 4.79 Å². The Morgan fingerprint density at radius 1 is 1.42 bits per heavy atom. The van der Waals surface area contributed by atoms with Crippen LogP contribution >= 0.6 is 22.6 Å². The summed E-state index contributed by atoms with van der Waals surface area (Å²) in [6.45, 7) is 7.06. The summed E-state index contributed by atoms with van der Waals surface area (Å²) in [6.07, 6.45) is 2.97. The van der Waals surface area contributed by atoms with Crippen molar-refractivity contribution in [2.24, 2.45) is 0 Å². The second-order valence-corrected chi connectivity index (χ2v) is 3.16. The molecule has 1 aromatic rings. The van der Waals surface area contributed by atoms with Crippen molar-refractivity contribution < 1.29 is 4.42 Å². The van der Waals surface area contributed by atoms with Gasteiger partial charge in [-0.2, -0.15) is 0 Å². The van der Waals surface area contributed by atoms with E-state index in [2.05, 4.69) is 13.2 Å². The van der Waals surface area contributed by atoms with Crippen molar-refractivity contribution in [3.63, 3.8) is 0 Å². The quantitative estimate of drug-likeness (QED) is 0.776. The lowest BCUT2D eigenvalue weighted by molar-refractivity contribution is 0.507. The van der Waals surface area contributed by atoms with Crippen molar-refractivity contribution in [1.29, 1.82) is 0 Å². The maximum absolute atomic E-state index is 11.3. The van der Waals surface area contributed by atoms with Gasteiger partial charge < -0.3 is 4.42 Å². The van der Waals surface area contributed by atoms with Crippen LogP contribution in [0.25, 0.3) is 12.2 Å². The van der Waals surface area contributed by atoms with Crippen molar-refractivity contribution in [3.05, 3.63) is 44.5 Å². The highest BCUT2D eigenvalue weighted by Crippen LogP contribution is 2.11. The molecule has 0 amide bonds. The van der Waals surface area contributed by atoms with Crippen LogP contribution < -0.4 is 5.43 Å². The zero-order valence-electron chi connectivity index (χ0n) is 6.34. The SMILES string of the molecule is C=Cc1oc(I)cc(=O)c1C=C. The average molecular weight is 274 g/mol. The van der Waals surface area contributed by atoms with Crippen molar-refractivity contribution in [2.75, 3.05) is 0 Å². The molecule has 1 rings (SSSR count). The average Bonchev–Trinajstić information content (AvgIpc) is 2.03. The first-order valence-corrected chi connectivity index (χ1v) is 4.35. The minimum Gasteiger partial charge on any atom is -0.450 e. The third kappa shape index (κ3) is 1.66. The van der Waals surface area contributed by atoms with Crippen LogP contribution in [0.2, 0.25) is 0 Å². The lowest BCUT2D eigenvalue weighted by atomic mass is 10.2. The van der Waals surface area contributed by atoms with Gasteiger partial charge in [-0.05, 0) is 28.7 Å². The Morgan fingerprint density at radius 3 is 2.58 bits per heavy atom. The van der Waals surface area contributed by atoms with Gasteiger partial charge in [0, 0.05) is 6.07 Å². The van der Waals surface area contributed by atoms with Crippen molar-refractivity contribution in [1.82, 2.24) is 0 Å². The standard InChI is InChI=1S/C9H7IO2/c1-3-6-7(11)5-9(10)12-8(6)4-2/h3-5H,1-2H2. The molecule has 0 N–H and O–H groups in total. The zero-order valence-corrected chi connectivity index (χ0v) is 8.50. The molecule has 1 heterocycles. The van der Waals surface area contributed by atoms with E-state index in [0.29, 0.717) is 15.1 Å². The fraction of sp³-hybridized carbons (Fsp3) is 0. The van der Waals surface area contributed by atoms with E-state index in [-0.39, 0.29) is 5.43 Å². The second-order valence-electron chi connectivity index (χ2n) is 2.10. The summed E-state index contributed by atoms with van der Waals surface area (Å²) in [5.41, 5.74) is 0.376. The molecule has 0 bridgehead atoms. The molecule has 0 spiro atoms. The summed E-state index contributed by atoms with van der Waals surface area (Å²) in [4.78, 5) is 11.3. The molecular formula is C9H7IO2. The van der Waals surface area contributed by atoms with Crippen molar-refractivity contribution in [2.45, 2.75) is 0 Å². The molecule has 0 aliphatic carbocycles. The van der Waals surface area contributed by atoms with E-state index in [0.717, 1.165) is 0 Å². The van der Waals surface area contributed by atoms with Crippen LogP contribution in [0, 0.1) is 3.77 Å². The number of rotatable bonds is 2. The molecular weight excluding hydrogens is 267 g/mol. The Hall–Kier alpha value is -0.840. The van der Waals surface area contributed by atoms with Gasteiger partial charge in [0.25, 0.3) is 0 Å². The van der Waals surface area contributed by atoms with E-state index < -0.39 is 0 Å². The minimum atomic E-state index is -0.0875. The van der Waals surface area contributed by atoms with Crippen LogP contribution in [0.1, 0.15) is 11.3 Å². The third-order valence-electron chi connectivity index (χ3n) is 1.37. The van der Waals surface area contributed by atoms with Crippen molar-refractivity contribution in [3.8, 4) is 0 Å². The van der Waals surface area contributed by atoms with Crippen LogP contribution in [-0.2, 0) is 0 Å². The molecule has 0 aliphatic rings. The topological polar surface area (TPSA) is 30.2 Å². The van der Waals surface area contributed by atoms with E-state index in [1.54, 1.807) is 0 Å². The van der Waals surface area contributed by atoms with Gasteiger partial charge in [-0.25, -0.2) is 0 Å². The normalized spacial score (nSPS) is 9.42. The van der Waals surface area contributed by atoms with E-state index >= 15 is 0 Å². The van der Waals surface area contributed by atoms with E-state index in [1.807, 2.05) is 22.6 Å². The van der Waals surface area contributed by atoms with Gasteiger partial charge in [0.15, 0.2) is 9.20 Å². The first kappa shape index (κ1) is 9.25. The molecule has 0 atom stereocenters. The molecule has 3 heteroatoms. The van der Waals surface area contributed by atoms with E-state index in [9.17, 15) is 4.79 Å². The van der Waals surface area contributed by atoms with Gasteiger partial charge in [-0.1, -0.05) is 19.2 Å². The Balaban J connectivity index is 3.54. The van der Waals surface area contributed by atoms with Gasteiger partial charge in [0.2, 0.25) is 0 Å². The van der Waals surface area contributed by atoms with Gasteiger partial charge in [-0.15, -0.1) is 0 Å². The molecule has 0 saturated carbocycles. The summed E-state index contributed by atoms with van der Waals surface area (Å²) in [7, 11) is 0. The second kappa shape index (κ2) is 3.71. The summed E-state index contributed by atoms with van der Waals surface area (Å²) >= 11 is 1.94. The molecule has 62 valence electrons.